The number of aliphatic hydroxyl groups is 1. The third kappa shape index (κ3) is 1.44. The molecule has 13 heavy (non-hydrogen) atoms. The fraction of sp³-hybridized carbons (Fsp3) is 0.889. The highest BCUT2D eigenvalue weighted by Gasteiger charge is 2.47. The predicted octanol–water partition coefficient (Wildman–Crippen LogP) is 0.453. The van der Waals surface area contributed by atoms with Crippen molar-refractivity contribution < 1.29 is 9.90 Å². The highest BCUT2D eigenvalue weighted by atomic mass is 35.5. The molecule has 2 saturated heterocycles. The number of hydrogen-bond donors (Lipinski definition) is 1. The van der Waals surface area contributed by atoms with Gasteiger partial charge in [-0.25, -0.2) is 0 Å². The number of rotatable bonds is 1. The molecule has 2 bridgehead atoms. The lowest BCUT2D eigenvalue weighted by atomic mass is 9.68. The van der Waals surface area contributed by atoms with Crippen LogP contribution >= 0.6 is 11.6 Å². The molecule has 3 fully saturated rings. The number of hydrogen-bond acceptors (Lipinski definition) is 2. The molecule has 1 saturated carbocycles. The molecule has 3 nitrogen and oxygen atoms in total. The second-order valence-electron chi connectivity index (χ2n) is 4.11. The molecule has 3 aliphatic rings. The lowest BCUT2D eigenvalue weighted by Gasteiger charge is -2.51. The molecule has 1 amide bonds. The zero-order valence-corrected chi connectivity index (χ0v) is 8.37. The van der Waals surface area contributed by atoms with Gasteiger partial charge in [0.2, 0.25) is 5.91 Å². The molecule has 2 aliphatic heterocycles. The van der Waals surface area contributed by atoms with Gasteiger partial charge >= 0.3 is 0 Å². The van der Waals surface area contributed by atoms with E-state index in [9.17, 15) is 9.90 Å². The predicted molar refractivity (Wildman–Crippen MR) is 49.5 cm³/mol. The van der Waals surface area contributed by atoms with E-state index in [1.807, 2.05) is 0 Å². The maximum atomic E-state index is 11.5. The fourth-order valence-electron chi connectivity index (χ4n) is 2.29. The largest absolute Gasteiger partial charge is 0.392 e. The number of aliphatic hydroxyl groups excluding tert-OH is 1. The minimum absolute atomic E-state index is 0.00302. The van der Waals surface area contributed by atoms with Gasteiger partial charge in [-0.2, -0.15) is 0 Å². The Hall–Kier alpha value is -0.280. The molecule has 2 heterocycles. The Morgan fingerprint density at radius 1 is 1.54 bits per heavy atom. The van der Waals surface area contributed by atoms with Crippen LogP contribution in [-0.2, 0) is 4.79 Å². The van der Waals surface area contributed by atoms with Crippen molar-refractivity contribution in [2.75, 3.05) is 13.1 Å². The lowest BCUT2D eigenvalue weighted by molar-refractivity contribution is -0.149. The molecule has 0 aromatic carbocycles. The lowest BCUT2D eigenvalue weighted by Crippen LogP contribution is -2.60. The van der Waals surface area contributed by atoms with Gasteiger partial charge in [0.05, 0.1) is 6.10 Å². The van der Waals surface area contributed by atoms with Crippen LogP contribution in [0.15, 0.2) is 0 Å². The number of alkyl halides is 1. The molecule has 0 aromatic heterocycles. The van der Waals surface area contributed by atoms with Crippen molar-refractivity contribution in [2.24, 2.45) is 11.8 Å². The maximum absolute atomic E-state index is 11.5. The van der Waals surface area contributed by atoms with Crippen LogP contribution in [0.5, 0.6) is 0 Å². The number of nitrogens with zero attached hydrogens (tertiary/aromatic N) is 1. The van der Waals surface area contributed by atoms with Crippen molar-refractivity contribution >= 4 is 17.5 Å². The maximum Gasteiger partial charge on any atom is 0.240 e. The Morgan fingerprint density at radius 2 is 2.08 bits per heavy atom. The Balaban J connectivity index is 1.95. The van der Waals surface area contributed by atoms with Crippen LogP contribution in [0.25, 0.3) is 0 Å². The normalized spacial score (nSPS) is 39.6. The quantitative estimate of drug-likeness (QED) is 0.629. The first-order valence-corrected chi connectivity index (χ1v) is 5.14. The molecule has 0 aromatic rings. The van der Waals surface area contributed by atoms with Crippen LogP contribution in [0.1, 0.15) is 13.3 Å². The second kappa shape index (κ2) is 3.14. The van der Waals surface area contributed by atoms with Crippen molar-refractivity contribution in [3.8, 4) is 0 Å². The van der Waals surface area contributed by atoms with Gasteiger partial charge in [-0.1, -0.05) is 0 Å². The van der Waals surface area contributed by atoms with E-state index in [-0.39, 0.29) is 12.0 Å². The van der Waals surface area contributed by atoms with Gasteiger partial charge in [0, 0.05) is 24.9 Å². The number of amides is 1. The van der Waals surface area contributed by atoms with E-state index in [1.165, 1.54) is 0 Å². The van der Waals surface area contributed by atoms with E-state index in [1.54, 1.807) is 11.8 Å². The molecule has 4 atom stereocenters. The zero-order valence-electron chi connectivity index (χ0n) is 7.61. The average molecular weight is 204 g/mol. The summed E-state index contributed by atoms with van der Waals surface area (Å²) in [6, 6.07) is 0. The van der Waals surface area contributed by atoms with E-state index in [0.717, 1.165) is 6.42 Å². The smallest absolute Gasteiger partial charge is 0.240 e. The fourth-order valence-corrected chi connectivity index (χ4v) is 2.43. The number of piperidine rings is 2. The van der Waals surface area contributed by atoms with E-state index in [4.69, 9.17) is 11.6 Å². The zero-order chi connectivity index (χ0) is 9.59. The van der Waals surface area contributed by atoms with Crippen molar-refractivity contribution in [1.82, 2.24) is 4.90 Å². The van der Waals surface area contributed by atoms with Gasteiger partial charge < -0.3 is 10.0 Å². The summed E-state index contributed by atoms with van der Waals surface area (Å²) in [7, 11) is 0. The first-order valence-electron chi connectivity index (χ1n) is 4.70. The highest BCUT2D eigenvalue weighted by molar-refractivity contribution is 6.30. The molecule has 74 valence electrons. The molecule has 0 radical (unpaired) electrons. The molecule has 1 unspecified atom stereocenters. The molecule has 3 rings (SSSR count). The first-order chi connectivity index (χ1) is 6.09. The van der Waals surface area contributed by atoms with E-state index < -0.39 is 5.38 Å². The van der Waals surface area contributed by atoms with Gasteiger partial charge in [-0.3, -0.25) is 4.79 Å². The standard InChI is InChI=1S/C9H14ClNO2/c1-5(10)9(13)11-3-6-2-7(4-11)8(6)12/h5-8,12H,2-4H2,1H3/t5-,6-,7+,8?/m0/s1. The van der Waals surface area contributed by atoms with E-state index in [2.05, 4.69) is 0 Å². The Morgan fingerprint density at radius 3 is 2.46 bits per heavy atom. The third-order valence-electron chi connectivity index (χ3n) is 3.13. The number of carbonyl (C=O) groups excluding carboxylic acids is 1. The Bertz CT molecular complexity index is 220. The highest BCUT2D eigenvalue weighted by Crippen LogP contribution is 2.40. The average Bonchev–Trinajstić information content (AvgIpc) is 2.15. The van der Waals surface area contributed by atoms with Gasteiger partial charge in [0.15, 0.2) is 0 Å². The van der Waals surface area contributed by atoms with Crippen LogP contribution in [-0.4, -0.2) is 40.5 Å². The van der Waals surface area contributed by atoms with Crippen LogP contribution in [0.4, 0.5) is 0 Å². The summed E-state index contributed by atoms with van der Waals surface area (Å²) in [5.41, 5.74) is 0. The number of fused-ring (bicyclic) bond motifs is 2. The summed E-state index contributed by atoms with van der Waals surface area (Å²) >= 11 is 5.71. The summed E-state index contributed by atoms with van der Waals surface area (Å²) in [5, 5.41) is 9.06. The summed E-state index contributed by atoms with van der Waals surface area (Å²) in [4.78, 5) is 13.3. The molecular weight excluding hydrogens is 190 g/mol. The Labute approximate surface area is 82.7 Å². The molecule has 1 N–H and O–H groups in total. The van der Waals surface area contributed by atoms with Crippen molar-refractivity contribution in [3.05, 3.63) is 0 Å². The summed E-state index contributed by atoms with van der Waals surface area (Å²) in [6.45, 7) is 3.07. The van der Waals surface area contributed by atoms with E-state index in [0.29, 0.717) is 24.9 Å². The summed E-state index contributed by atoms with van der Waals surface area (Å²) < 4.78 is 0. The van der Waals surface area contributed by atoms with Gasteiger partial charge in [0.1, 0.15) is 5.38 Å². The third-order valence-corrected chi connectivity index (χ3v) is 3.32. The van der Waals surface area contributed by atoms with Gasteiger partial charge in [0.25, 0.3) is 0 Å². The minimum Gasteiger partial charge on any atom is -0.392 e. The summed E-state index contributed by atoms with van der Waals surface area (Å²) in [5.74, 6) is 0.611. The Kier molecular flexibility index (Phi) is 2.24. The van der Waals surface area contributed by atoms with Gasteiger partial charge in [-0.05, 0) is 13.3 Å². The van der Waals surface area contributed by atoms with Crippen LogP contribution in [0, 0.1) is 11.8 Å². The number of carbonyl (C=O) groups is 1. The monoisotopic (exact) mass is 203 g/mol. The topological polar surface area (TPSA) is 40.5 Å². The second-order valence-corrected chi connectivity index (χ2v) is 4.76. The summed E-state index contributed by atoms with van der Waals surface area (Å²) in [6.07, 6.45) is 0.899. The minimum atomic E-state index is -0.436. The number of halogens is 1. The molecule has 0 spiro atoms. The molecular formula is C9H14ClNO2. The van der Waals surface area contributed by atoms with Crippen molar-refractivity contribution in [2.45, 2.75) is 24.8 Å². The van der Waals surface area contributed by atoms with Crippen molar-refractivity contribution in [1.29, 1.82) is 0 Å². The van der Waals surface area contributed by atoms with Crippen LogP contribution in [0.2, 0.25) is 0 Å². The van der Waals surface area contributed by atoms with Crippen molar-refractivity contribution in [3.63, 3.8) is 0 Å². The SMILES string of the molecule is C[C@H](Cl)C(=O)N1C[C@H]2C[C@@H](C1)C2O. The molecule has 4 heteroatoms. The van der Waals surface area contributed by atoms with Crippen LogP contribution in [0.3, 0.4) is 0 Å². The first kappa shape index (κ1) is 9.28. The van der Waals surface area contributed by atoms with E-state index >= 15 is 0 Å². The van der Waals surface area contributed by atoms with Crippen LogP contribution < -0.4 is 0 Å². The molecule has 1 aliphatic carbocycles. The van der Waals surface area contributed by atoms with Gasteiger partial charge in [-0.15, -0.1) is 11.6 Å².